The van der Waals surface area contributed by atoms with E-state index in [1.807, 2.05) is 0 Å². The average molecular weight is 398 g/mol. The molecule has 0 unspecified atom stereocenters. The molecule has 1 aliphatic carbocycles. The van der Waals surface area contributed by atoms with Crippen molar-refractivity contribution >= 4 is 5.91 Å². The van der Waals surface area contributed by atoms with Crippen LogP contribution in [0.4, 0.5) is 0 Å². The summed E-state index contributed by atoms with van der Waals surface area (Å²) in [5.41, 5.74) is 1.46. The van der Waals surface area contributed by atoms with E-state index in [1.54, 1.807) is 0 Å². The third-order valence-electron chi connectivity index (χ3n) is 7.46. The molecule has 0 spiro atoms. The second-order valence-corrected chi connectivity index (χ2v) is 9.61. The molecule has 3 fully saturated rings. The number of benzene rings is 1. The third kappa shape index (κ3) is 6.05. The highest BCUT2D eigenvalue weighted by molar-refractivity contribution is 5.79. The predicted molar refractivity (Wildman–Crippen MR) is 119 cm³/mol. The van der Waals surface area contributed by atoms with Crippen molar-refractivity contribution < 1.29 is 4.79 Å². The van der Waals surface area contributed by atoms with Crippen molar-refractivity contribution in [3.63, 3.8) is 0 Å². The van der Waals surface area contributed by atoms with Crippen molar-refractivity contribution in [3.8, 4) is 0 Å². The van der Waals surface area contributed by atoms with E-state index in [2.05, 4.69) is 52.4 Å². The summed E-state index contributed by atoms with van der Waals surface area (Å²) in [6, 6.07) is 12.0. The molecule has 4 heteroatoms. The van der Waals surface area contributed by atoms with Gasteiger partial charge in [-0.3, -0.25) is 4.79 Å². The molecular weight excluding hydrogens is 358 g/mol. The van der Waals surface area contributed by atoms with Crippen LogP contribution in [0.2, 0.25) is 0 Å². The smallest absolute Gasteiger partial charge is 0.223 e. The Morgan fingerprint density at radius 3 is 2.34 bits per heavy atom. The maximum atomic E-state index is 12.5. The molecule has 1 aromatic carbocycles. The molecular formula is C25H39N3O. The first-order valence-electron chi connectivity index (χ1n) is 12.0. The molecule has 2 saturated heterocycles. The highest BCUT2D eigenvalue weighted by Crippen LogP contribution is 2.33. The molecule has 4 rings (SSSR count). The van der Waals surface area contributed by atoms with Crippen LogP contribution < -0.4 is 5.32 Å². The fourth-order valence-electron chi connectivity index (χ4n) is 5.24. The summed E-state index contributed by atoms with van der Waals surface area (Å²) in [6.45, 7) is 8.09. The minimum Gasteiger partial charge on any atom is -0.353 e. The molecule has 1 saturated carbocycles. The summed E-state index contributed by atoms with van der Waals surface area (Å²) in [5.74, 6) is 1.31. The normalized spacial score (nSPS) is 23.8. The lowest BCUT2D eigenvalue weighted by Gasteiger charge is -2.41. The van der Waals surface area contributed by atoms with E-state index in [0.717, 1.165) is 37.9 Å². The maximum Gasteiger partial charge on any atom is 0.223 e. The minimum absolute atomic E-state index is 0.241. The van der Waals surface area contributed by atoms with Gasteiger partial charge < -0.3 is 15.1 Å². The van der Waals surface area contributed by atoms with E-state index in [-0.39, 0.29) is 5.92 Å². The van der Waals surface area contributed by atoms with Gasteiger partial charge in [0.1, 0.15) is 0 Å². The van der Waals surface area contributed by atoms with Gasteiger partial charge in [-0.1, -0.05) is 30.3 Å². The number of nitrogens with zero attached hydrogens (tertiary/aromatic N) is 2. The van der Waals surface area contributed by atoms with Crippen LogP contribution in [0, 0.1) is 11.8 Å². The fraction of sp³-hybridized carbons (Fsp3) is 0.720. The number of aryl methyl sites for hydroxylation is 1. The second kappa shape index (κ2) is 10.1. The highest BCUT2D eigenvalue weighted by Gasteiger charge is 2.33. The van der Waals surface area contributed by atoms with Gasteiger partial charge in [-0.2, -0.15) is 0 Å². The van der Waals surface area contributed by atoms with E-state index in [0.29, 0.717) is 11.9 Å². The van der Waals surface area contributed by atoms with E-state index < -0.39 is 0 Å². The quantitative estimate of drug-likeness (QED) is 0.726. The van der Waals surface area contributed by atoms with Crippen LogP contribution in [0.1, 0.15) is 57.4 Å². The summed E-state index contributed by atoms with van der Waals surface area (Å²) in [7, 11) is 0. The van der Waals surface area contributed by atoms with Crippen LogP contribution in [-0.2, 0) is 11.2 Å². The summed E-state index contributed by atoms with van der Waals surface area (Å²) in [6.07, 6.45) is 9.71. The Kier molecular flexibility index (Phi) is 7.25. The molecule has 0 bridgehead atoms. The van der Waals surface area contributed by atoms with Crippen molar-refractivity contribution in [2.24, 2.45) is 11.8 Å². The molecule has 3 aliphatic rings. The Morgan fingerprint density at radius 1 is 1.00 bits per heavy atom. The van der Waals surface area contributed by atoms with Crippen LogP contribution in [0.25, 0.3) is 0 Å². The number of likely N-dealkylation sites (tertiary alicyclic amines) is 2. The first-order chi connectivity index (χ1) is 14.2. The van der Waals surface area contributed by atoms with Crippen molar-refractivity contribution in [1.82, 2.24) is 15.1 Å². The van der Waals surface area contributed by atoms with Crippen LogP contribution in [0.3, 0.4) is 0 Å². The lowest BCUT2D eigenvalue weighted by molar-refractivity contribution is -0.127. The Bertz CT molecular complexity index is 629. The Hall–Kier alpha value is -1.39. The Labute approximate surface area is 177 Å². The lowest BCUT2D eigenvalue weighted by atomic mass is 9.92. The predicted octanol–water partition coefficient (Wildman–Crippen LogP) is 3.71. The molecule has 1 atom stereocenters. The molecule has 2 aliphatic heterocycles. The third-order valence-corrected chi connectivity index (χ3v) is 7.46. The lowest BCUT2D eigenvalue weighted by Crippen LogP contribution is -2.50. The van der Waals surface area contributed by atoms with Crippen LogP contribution in [-0.4, -0.2) is 60.5 Å². The molecule has 2 heterocycles. The Balaban J connectivity index is 1.11. The zero-order chi connectivity index (χ0) is 20.1. The van der Waals surface area contributed by atoms with E-state index >= 15 is 0 Å². The van der Waals surface area contributed by atoms with Gasteiger partial charge in [0.25, 0.3) is 0 Å². The average Bonchev–Trinajstić information content (AvgIpc) is 3.61. The zero-order valence-electron chi connectivity index (χ0n) is 18.2. The van der Waals surface area contributed by atoms with E-state index in [9.17, 15) is 4.79 Å². The molecule has 4 nitrogen and oxygen atoms in total. The summed E-state index contributed by atoms with van der Waals surface area (Å²) in [4.78, 5) is 17.9. The van der Waals surface area contributed by atoms with Gasteiger partial charge in [0.05, 0.1) is 0 Å². The van der Waals surface area contributed by atoms with E-state index in [4.69, 9.17) is 0 Å². The topological polar surface area (TPSA) is 35.6 Å². The number of carbonyl (C=O) groups excluding carboxylic acids is 1. The summed E-state index contributed by atoms with van der Waals surface area (Å²) in [5, 5.41) is 3.28. The van der Waals surface area contributed by atoms with Gasteiger partial charge in [0, 0.05) is 18.0 Å². The molecule has 160 valence electrons. The monoisotopic (exact) mass is 397 g/mol. The first-order valence-corrected chi connectivity index (χ1v) is 12.0. The number of hydrogen-bond acceptors (Lipinski definition) is 3. The number of rotatable bonds is 8. The molecule has 1 amide bonds. The highest BCUT2D eigenvalue weighted by atomic mass is 16.1. The standard InChI is InChI=1S/C25H39N3O/c1-20(22-9-10-22)26-25(29)23-11-18-28(19-12-23)24-13-16-27(17-14-24)15-5-8-21-6-3-2-4-7-21/h2-4,6-7,20,22-24H,5,8-19H2,1H3,(H,26,29)/t20-/m1/s1. The van der Waals surface area contributed by atoms with Gasteiger partial charge >= 0.3 is 0 Å². The SMILES string of the molecule is C[C@@H](NC(=O)C1CCN(C2CCN(CCCc3ccccc3)CC2)CC1)C1CC1. The van der Waals surface area contributed by atoms with E-state index in [1.165, 1.54) is 63.7 Å². The van der Waals surface area contributed by atoms with Crippen molar-refractivity contribution in [2.45, 2.75) is 70.4 Å². The maximum absolute atomic E-state index is 12.5. The fourth-order valence-corrected chi connectivity index (χ4v) is 5.24. The number of amides is 1. The Morgan fingerprint density at radius 2 is 1.69 bits per heavy atom. The second-order valence-electron chi connectivity index (χ2n) is 9.61. The number of carbonyl (C=O) groups is 1. The molecule has 0 aromatic heterocycles. The van der Waals surface area contributed by atoms with Crippen LogP contribution >= 0.6 is 0 Å². The van der Waals surface area contributed by atoms with Gasteiger partial charge in [-0.05, 0) is 102 Å². The summed E-state index contributed by atoms with van der Waals surface area (Å²) >= 11 is 0. The van der Waals surface area contributed by atoms with Crippen LogP contribution in [0.15, 0.2) is 30.3 Å². The molecule has 1 aromatic rings. The van der Waals surface area contributed by atoms with Gasteiger partial charge in [-0.15, -0.1) is 0 Å². The molecule has 29 heavy (non-hydrogen) atoms. The number of piperidine rings is 2. The summed E-state index contributed by atoms with van der Waals surface area (Å²) < 4.78 is 0. The van der Waals surface area contributed by atoms with Crippen molar-refractivity contribution in [1.29, 1.82) is 0 Å². The van der Waals surface area contributed by atoms with Gasteiger partial charge in [0.15, 0.2) is 0 Å². The van der Waals surface area contributed by atoms with Crippen LogP contribution in [0.5, 0.6) is 0 Å². The minimum atomic E-state index is 0.241. The number of hydrogen-bond donors (Lipinski definition) is 1. The molecule has 1 N–H and O–H groups in total. The van der Waals surface area contributed by atoms with Gasteiger partial charge in [-0.25, -0.2) is 0 Å². The number of nitrogens with one attached hydrogen (secondary N) is 1. The zero-order valence-corrected chi connectivity index (χ0v) is 18.2. The van der Waals surface area contributed by atoms with Crippen molar-refractivity contribution in [3.05, 3.63) is 35.9 Å². The molecule has 0 radical (unpaired) electrons. The largest absolute Gasteiger partial charge is 0.353 e. The first kappa shape index (κ1) is 20.9. The van der Waals surface area contributed by atoms with Gasteiger partial charge in [0.2, 0.25) is 5.91 Å². The van der Waals surface area contributed by atoms with Crippen molar-refractivity contribution in [2.75, 3.05) is 32.7 Å².